The first-order valence-corrected chi connectivity index (χ1v) is 7.50. The monoisotopic (exact) mass is 311 g/mol. The molecule has 0 radical (unpaired) electrons. The van der Waals surface area contributed by atoms with E-state index in [1.54, 1.807) is 11.3 Å². The third-order valence-electron chi connectivity index (χ3n) is 3.41. The molecular weight excluding hydrogens is 298 g/mol. The fourth-order valence-corrected chi connectivity index (χ4v) is 4.17. The minimum atomic E-state index is -0.856. The van der Waals surface area contributed by atoms with Crippen molar-refractivity contribution in [3.63, 3.8) is 0 Å². The first-order chi connectivity index (χ1) is 9.58. The number of nitrogens with zero attached hydrogens (tertiary/aromatic N) is 1. The van der Waals surface area contributed by atoms with Crippen molar-refractivity contribution in [1.29, 1.82) is 0 Å². The van der Waals surface area contributed by atoms with E-state index in [1.165, 1.54) is 9.44 Å². The highest BCUT2D eigenvalue weighted by Gasteiger charge is 2.21. The van der Waals surface area contributed by atoms with Crippen molar-refractivity contribution in [1.82, 2.24) is 9.55 Å². The maximum atomic E-state index is 12.6. The summed E-state index contributed by atoms with van der Waals surface area (Å²) < 4.78 is 6.43. The van der Waals surface area contributed by atoms with Crippen molar-refractivity contribution in [2.75, 3.05) is 6.61 Å². The number of thiophene rings is 1. The largest absolute Gasteiger partial charge is 0.448 e. The van der Waals surface area contributed by atoms with Crippen LogP contribution in [0.1, 0.15) is 16.9 Å². The number of aromatic nitrogens is 2. The average Bonchev–Trinajstić information content (AvgIpc) is 2.92. The molecule has 0 aromatic carbocycles. The first kappa shape index (κ1) is 13.3. The van der Waals surface area contributed by atoms with Crippen LogP contribution in [0.25, 0.3) is 10.2 Å². The van der Waals surface area contributed by atoms with Gasteiger partial charge in [0.25, 0.3) is 5.56 Å². The molecule has 0 bridgehead atoms. The number of nitrogens with one attached hydrogen (secondary N) is 1. The Morgan fingerprint density at radius 1 is 1.50 bits per heavy atom. The molecule has 0 saturated carbocycles. The van der Waals surface area contributed by atoms with Crippen LogP contribution in [0.5, 0.6) is 0 Å². The van der Waals surface area contributed by atoms with Crippen molar-refractivity contribution in [3.05, 3.63) is 25.6 Å². The minimum absolute atomic E-state index is 0.0323. The Morgan fingerprint density at radius 3 is 3.05 bits per heavy atom. The molecule has 2 heterocycles. The molecule has 2 aromatic rings. The van der Waals surface area contributed by atoms with Gasteiger partial charge in [-0.1, -0.05) is 0 Å². The van der Waals surface area contributed by atoms with Crippen LogP contribution in [0.4, 0.5) is 4.79 Å². The molecule has 8 heteroatoms. The summed E-state index contributed by atoms with van der Waals surface area (Å²) in [4.78, 5) is 28.3. The number of hydrogen-bond acceptors (Lipinski definition) is 5. The van der Waals surface area contributed by atoms with Gasteiger partial charge >= 0.3 is 6.09 Å². The van der Waals surface area contributed by atoms with Crippen molar-refractivity contribution < 1.29 is 9.53 Å². The second-order valence-electron chi connectivity index (χ2n) is 4.62. The Kier molecular flexibility index (Phi) is 3.35. The third kappa shape index (κ3) is 2.14. The number of hydrogen-bond donors (Lipinski definition) is 2. The smallest absolute Gasteiger partial charge is 0.404 e. The molecule has 6 nitrogen and oxygen atoms in total. The number of amides is 1. The Bertz CT molecular complexity index is 803. The Morgan fingerprint density at radius 2 is 2.30 bits per heavy atom. The van der Waals surface area contributed by atoms with Gasteiger partial charge in [-0.05, 0) is 37.0 Å². The molecule has 0 atom stereocenters. The Labute approximate surface area is 123 Å². The first-order valence-electron chi connectivity index (χ1n) is 6.27. The second-order valence-corrected chi connectivity index (χ2v) is 6.11. The van der Waals surface area contributed by atoms with E-state index in [0.717, 1.165) is 35.0 Å². The highest BCUT2D eigenvalue weighted by Crippen LogP contribution is 2.34. The summed E-state index contributed by atoms with van der Waals surface area (Å²) in [5.41, 5.74) is 5.93. The zero-order valence-corrected chi connectivity index (χ0v) is 12.2. The lowest BCUT2D eigenvalue weighted by atomic mass is 10.2. The Balaban J connectivity index is 2.06. The molecule has 3 rings (SSSR count). The van der Waals surface area contributed by atoms with Gasteiger partial charge in [0.2, 0.25) is 0 Å². The zero-order chi connectivity index (χ0) is 14.3. The molecule has 0 aliphatic heterocycles. The van der Waals surface area contributed by atoms with Gasteiger partial charge < -0.3 is 15.5 Å². The minimum Gasteiger partial charge on any atom is -0.448 e. The van der Waals surface area contributed by atoms with E-state index in [0.29, 0.717) is 4.77 Å². The van der Waals surface area contributed by atoms with Crippen molar-refractivity contribution in [2.45, 2.75) is 25.8 Å². The van der Waals surface area contributed by atoms with E-state index in [4.69, 9.17) is 18.0 Å². The van der Waals surface area contributed by atoms with Crippen LogP contribution >= 0.6 is 23.6 Å². The fraction of sp³-hybridized carbons (Fsp3) is 0.417. The molecule has 0 unspecified atom stereocenters. The van der Waals surface area contributed by atoms with Crippen molar-refractivity contribution in [2.24, 2.45) is 5.73 Å². The van der Waals surface area contributed by atoms with Gasteiger partial charge in [-0.2, -0.15) is 0 Å². The predicted molar refractivity (Wildman–Crippen MR) is 78.8 cm³/mol. The van der Waals surface area contributed by atoms with E-state index < -0.39 is 6.09 Å². The lowest BCUT2D eigenvalue weighted by molar-refractivity contribution is 0.151. The van der Waals surface area contributed by atoms with E-state index in [1.807, 2.05) is 0 Å². The van der Waals surface area contributed by atoms with Crippen LogP contribution in [0.2, 0.25) is 0 Å². The molecule has 3 N–H and O–H groups in total. The summed E-state index contributed by atoms with van der Waals surface area (Å²) in [7, 11) is 0. The van der Waals surface area contributed by atoms with Crippen LogP contribution < -0.4 is 11.3 Å². The Hall–Kier alpha value is -1.67. The molecule has 106 valence electrons. The van der Waals surface area contributed by atoms with Gasteiger partial charge in [-0.3, -0.25) is 9.36 Å². The van der Waals surface area contributed by atoms with Gasteiger partial charge in [0.05, 0.1) is 11.9 Å². The lowest BCUT2D eigenvalue weighted by Crippen LogP contribution is -2.26. The van der Waals surface area contributed by atoms with Crippen LogP contribution in [-0.4, -0.2) is 22.3 Å². The summed E-state index contributed by atoms with van der Waals surface area (Å²) in [6, 6.07) is 0. The predicted octanol–water partition coefficient (Wildman–Crippen LogP) is 1.70. The maximum absolute atomic E-state index is 12.6. The summed E-state index contributed by atoms with van der Waals surface area (Å²) in [6.45, 7) is 0.238. The maximum Gasteiger partial charge on any atom is 0.404 e. The topological polar surface area (TPSA) is 90.1 Å². The number of carbonyl (C=O) groups is 1. The highest BCUT2D eigenvalue weighted by atomic mass is 32.1. The van der Waals surface area contributed by atoms with Crippen molar-refractivity contribution >= 4 is 39.9 Å². The highest BCUT2D eigenvalue weighted by molar-refractivity contribution is 7.71. The number of rotatable bonds is 3. The summed E-state index contributed by atoms with van der Waals surface area (Å²) in [6.07, 6.45) is 2.20. The van der Waals surface area contributed by atoms with E-state index in [9.17, 15) is 9.59 Å². The zero-order valence-electron chi connectivity index (χ0n) is 10.6. The molecule has 1 aliphatic rings. The van der Waals surface area contributed by atoms with Crippen LogP contribution in [0.3, 0.4) is 0 Å². The van der Waals surface area contributed by atoms with E-state index in [-0.39, 0.29) is 18.7 Å². The van der Waals surface area contributed by atoms with Gasteiger partial charge in [-0.15, -0.1) is 11.3 Å². The molecule has 0 fully saturated rings. The number of aromatic amines is 1. The molecule has 1 aliphatic carbocycles. The second kappa shape index (κ2) is 5.02. The quantitative estimate of drug-likeness (QED) is 0.844. The summed E-state index contributed by atoms with van der Waals surface area (Å²) >= 11 is 6.81. The number of nitrogens with two attached hydrogens (primary N) is 1. The van der Waals surface area contributed by atoms with Crippen LogP contribution in [0.15, 0.2) is 4.79 Å². The van der Waals surface area contributed by atoms with Gasteiger partial charge in [0.15, 0.2) is 4.77 Å². The van der Waals surface area contributed by atoms with Gasteiger partial charge in [0, 0.05) is 4.88 Å². The van der Waals surface area contributed by atoms with E-state index >= 15 is 0 Å². The number of aryl methyl sites for hydroxylation is 2. The fourth-order valence-electron chi connectivity index (χ4n) is 2.55. The number of fused-ring (bicyclic) bond motifs is 3. The third-order valence-corrected chi connectivity index (χ3v) is 4.93. The normalized spacial score (nSPS) is 13.6. The van der Waals surface area contributed by atoms with Gasteiger partial charge in [-0.25, -0.2) is 4.79 Å². The molecule has 0 spiro atoms. The standard InChI is InChI=1S/C12H13N3O3S2/c13-11(17)18-5-4-15-10(16)8-6-2-1-3-7(6)20-9(8)14-12(15)19/h1-5H2,(H2,13,17)(H,14,19). The average molecular weight is 311 g/mol. The van der Waals surface area contributed by atoms with E-state index in [2.05, 4.69) is 9.72 Å². The molecule has 20 heavy (non-hydrogen) atoms. The van der Waals surface area contributed by atoms with Crippen LogP contribution in [-0.2, 0) is 24.1 Å². The number of H-pyrrole nitrogens is 1. The number of carbonyl (C=O) groups excluding carboxylic acids is 1. The summed E-state index contributed by atoms with van der Waals surface area (Å²) in [5.74, 6) is 0. The lowest BCUT2D eigenvalue weighted by Gasteiger charge is -2.06. The SMILES string of the molecule is NC(=O)OCCn1c(=S)[nH]c2sc3c(c2c1=O)CCC3. The summed E-state index contributed by atoms with van der Waals surface area (Å²) in [5, 5.41) is 0.732. The van der Waals surface area contributed by atoms with Crippen LogP contribution in [0, 0.1) is 4.77 Å². The molecule has 2 aromatic heterocycles. The molecule has 0 saturated heterocycles. The molecule has 1 amide bonds. The van der Waals surface area contributed by atoms with Gasteiger partial charge in [0.1, 0.15) is 11.4 Å². The number of primary amides is 1. The molecular formula is C12H13N3O3S2. The number of ether oxygens (including phenoxy) is 1. The van der Waals surface area contributed by atoms with Crippen molar-refractivity contribution in [3.8, 4) is 0 Å².